The zero-order valence-corrected chi connectivity index (χ0v) is 19.9. The third kappa shape index (κ3) is 5.03. The van der Waals surface area contributed by atoms with Crippen molar-refractivity contribution >= 4 is 40.1 Å². The van der Waals surface area contributed by atoms with Crippen molar-refractivity contribution < 1.29 is 50.2 Å². The Bertz CT molecular complexity index is 1130. The summed E-state index contributed by atoms with van der Waals surface area (Å²) in [4.78, 5) is 25.7. The zero-order chi connectivity index (χ0) is 26.3. The van der Waals surface area contributed by atoms with Gasteiger partial charge < -0.3 is 23.5 Å². The zero-order valence-electron chi connectivity index (χ0n) is 19.1. The van der Waals surface area contributed by atoms with Crippen molar-refractivity contribution in [2.45, 2.75) is 43.6 Å². The summed E-state index contributed by atoms with van der Waals surface area (Å²) in [5, 5.41) is -0.352. The molecule has 0 unspecified atom stereocenters. The molecule has 13 heteroatoms. The number of esters is 1. The maximum atomic E-state index is 15.6. The Morgan fingerprint density at radius 1 is 1.14 bits per heavy atom. The third-order valence-corrected chi connectivity index (χ3v) is 6.80. The van der Waals surface area contributed by atoms with E-state index in [0.717, 1.165) is 13.2 Å². The van der Waals surface area contributed by atoms with E-state index in [1.165, 1.54) is 0 Å². The summed E-state index contributed by atoms with van der Waals surface area (Å²) >= 11 is 5.69. The number of fused-ring (bicyclic) bond motifs is 1. The van der Waals surface area contributed by atoms with E-state index in [1.54, 1.807) is 0 Å². The van der Waals surface area contributed by atoms with Crippen LogP contribution in [0.4, 0.5) is 27.6 Å². The minimum Gasteiger partial charge on any atom is -0.463 e. The van der Waals surface area contributed by atoms with Crippen molar-refractivity contribution in [3.05, 3.63) is 29.5 Å². The van der Waals surface area contributed by atoms with Gasteiger partial charge in [0.25, 0.3) is 5.92 Å². The highest BCUT2D eigenvalue weighted by Crippen LogP contribution is 2.46. The van der Waals surface area contributed by atoms with Crippen LogP contribution in [-0.2, 0) is 25.2 Å². The fourth-order valence-corrected chi connectivity index (χ4v) is 4.87. The lowest BCUT2D eigenvalue weighted by molar-refractivity contribution is -0.197. The average molecular weight is 540 g/mol. The van der Waals surface area contributed by atoms with Gasteiger partial charge in [0.05, 0.1) is 32.4 Å². The molecule has 1 aromatic heterocycles. The van der Waals surface area contributed by atoms with E-state index >= 15 is 8.78 Å². The van der Waals surface area contributed by atoms with Crippen LogP contribution in [0.3, 0.4) is 0 Å². The molecule has 0 bridgehead atoms. The molecule has 1 aliphatic heterocycles. The number of amides is 1. The van der Waals surface area contributed by atoms with Crippen LogP contribution in [0, 0.1) is 5.92 Å². The summed E-state index contributed by atoms with van der Waals surface area (Å²) in [6.45, 7) is -0.474. The smallest absolute Gasteiger partial charge is 0.416 e. The molecule has 7 nitrogen and oxygen atoms in total. The van der Waals surface area contributed by atoms with Crippen LogP contribution < -0.4 is 4.90 Å². The number of rotatable bonds is 6. The number of ether oxygens (including phenoxy) is 3. The van der Waals surface area contributed by atoms with Crippen LogP contribution in [-0.4, -0.2) is 56.3 Å². The predicted octanol–water partition coefficient (Wildman–Crippen LogP) is 5.38. The van der Waals surface area contributed by atoms with Gasteiger partial charge in [0.1, 0.15) is 17.2 Å². The number of halogens is 6. The highest BCUT2D eigenvalue weighted by atomic mass is 35.5. The van der Waals surface area contributed by atoms with Crippen molar-refractivity contribution in [1.82, 2.24) is 0 Å². The average Bonchev–Trinajstić information content (AvgIpc) is 3.45. The van der Waals surface area contributed by atoms with Gasteiger partial charge in [-0.1, -0.05) is 0 Å². The van der Waals surface area contributed by atoms with Gasteiger partial charge in [-0.3, -0.25) is 4.79 Å². The van der Waals surface area contributed by atoms with Crippen LogP contribution in [0.1, 0.15) is 41.8 Å². The van der Waals surface area contributed by atoms with Crippen LogP contribution in [0.25, 0.3) is 11.0 Å². The summed E-state index contributed by atoms with van der Waals surface area (Å²) < 4.78 is 92.4. The molecule has 0 N–H and O–H groups in total. The number of hydrogen-bond acceptors (Lipinski definition) is 6. The molecule has 1 aromatic carbocycles. The molecule has 1 spiro atoms. The molecule has 1 saturated carbocycles. The Morgan fingerprint density at radius 3 is 2.33 bits per heavy atom. The van der Waals surface area contributed by atoms with Gasteiger partial charge in [-0.25, -0.2) is 13.6 Å². The SMILES string of the molecule is COC(=O)c1oc2ccc(C(F)(F)F)cc2c1N(CC(F)(F)C1CCC2(CC1)OCCO2)C(=O)CCl. The van der Waals surface area contributed by atoms with E-state index in [-0.39, 0.29) is 36.7 Å². The van der Waals surface area contributed by atoms with Crippen molar-refractivity contribution in [1.29, 1.82) is 0 Å². The topological polar surface area (TPSA) is 78.2 Å². The summed E-state index contributed by atoms with van der Waals surface area (Å²) in [6, 6.07) is 2.29. The van der Waals surface area contributed by atoms with E-state index in [0.29, 0.717) is 30.2 Å². The number of carbonyl (C=O) groups excluding carboxylic acids is 2. The van der Waals surface area contributed by atoms with Gasteiger partial charge in [0.2, 0.25) is 11.7 Å². The van der Waals surface area contributed by atoms with Gasteiger partial charge in [-0.15, -0.1) is 11.6 Å². The Hall–Kier alpha value is -2.44. The Morgan fingerprint density at radius 2 is 1.78 bits per heavy atom. The number of benzene rings is 1. The van der Waals surface area contributed by atoms with Crippen LogP contribution in [0.5, 0.6) is 0 Å². The van der Waals surface area contributed by atoms with Crippen molar-refractivity contribution in [2.75, 3.05) is 37.6 Å². The first-order valence-corrected chi connectivity index (χ1v) is 11.7. The largest absolute Gasteiger partial charge is 0.463 e. The van der Waals surface area contributed by atoms with Gasteiger partial charge in [-0.2, -0.15) is 13.2 Å². The first-order chi connectivity index (χ1) is 16.9. The van der Waals surface area contributed by atoms with Gasteiger partial charge in [-0.05, 0) is 31.0 Å². The fourth-order valence-electron chi connectivity index (χ4n) is 4.73. The summed E-state index contributed by atoms with van der Waals surface area (Å²) in [5.74, 6) is -9.19. The minimum absolute atomic E-state index is 0.0319. The van der Waals surface area contributed by atoms with Crippen molar-refractivity contribution in [3.8, 4) is 0 Å². The maximum Gasteiger partial charge on any atom is 0.416 e. The molecule has 4 rings (SSSR count). The van der Waals surface area contributed by atoms with E-state index < -0.39 is 65.1 Å². The molecular formula is C23H23ClF5NO6. The van der Waals surface area contributed by atoms with Crippen LogP contribution in [0.15, 0.2) is 22.6 Å². The summed E-state index contributed by atoms with van der Waals surface area (Å²) in [5.41, 5.74) is -1.89. The highest BCUT2D eigenvalue weighted by molar-refractivity contribution is 6.30. The highest BCUT2D eigenvalue weighted by Gasteiger charge is 2.50. The predicted molar refractivity (Wildman–Crippen MR) is 117 cm³/mol. The van der Waals surface area contributed by atoms with Crippen LogP contribution >= 0.6 is 11.6 Å². The molecule has 0 atom stereocenters. The Labute approximate surface area is 207 Å². The molecule has 36 heavy (non-hydrogen) atoms. The number of hydrogen-bond donors (Lipinski definition) is 0. The Balaban J connectivity index is 1.73. The molecule has 1 amide bonds. The lowest BCUT2D eigenvalue weighted by Crippen LogP contribution is -2.48. The molecule has 1 aliphatic carbocycles. The van der Waals surface area contributed by atoms with Gasteiger partial charge >= 0.3 is 12.1 Å². The molecule has 2 heterocycles. The first kappa shape index (κ1) is 26.6. The number of nitrogens with zero attached hydrogens (tertiary/aromatic N) is 1. The van der Waals surface area contributed by atoms with Gasteiger partial charge in [0.15, 0.2) is 5.79 Å². The number of furan rings is 1. The van der Waals surface area contributed by atoms with Gasteiger partial charge in [0, 0.05) is 24.1 Å². The number of alkyl halides is 6. The second-order valence-electron chi connectivity index (χ2n) is 8.74. The van der Waals surface area contributed by atoms with E-state index in [9.17, 15) is 22.8 Å². The number of carbonyl (C=O) groups is 2. The molecule has 1 saturated heterocycles. The van der Waals surface area contributed by atoms with E-state index in [2.05, 4.69) is 4.74 Å². The summed E-state index contributed by atoms with van der Waals surface area (Å²) in [7, 11) is 0.980. The molecule has 2 aromatic rings. The molecule has 2 aliphatic rings. The molecule has 198 valence electrons. The summed E-state index contributed by atoms with van der Waals surface area (Å²) in [6.07, 6.45) is -4.25. The Kier molecular flexibility index (Phi) is 7.24. The standard InChI is InChI=1S/C23H23ClF5NO6/c1-33-20(32)19-18(15-10-14(23(27,28)29)2-3-16(15)36-19)30(17(31)11-24)12-22(25,26)13-4-6-21(7-5-13)34-8-9-35-21/h2-3,10,13H,4-9,11-12H2,1H3. The quantitative estimate of drug-likeness (QED) is 0.279. The number of methoxy groups -OCH3 is 1. The second-order valence-corrected chi connectivity index (χ2v) is 9.00. The van der Waals surface area contributed by atoms with E-state index in [1.807, 2.05) is 0 Å². The second kappa shape index (κ2) is 9.79. The minimum atomic E-state index is -4.78. The number of anilines is 1. The third-order valence-electron chi connectivity index (χ3n) is 6.57. The molecule has 0 radical (unpaired) electrons. The first-order valence-electron chi connectivity index (χ1n) is 11.1. The maximum absolute atomic E-state index is 15.6. The normalized spacial score (nSPS) is 18.6. The molecule has 2 fully saturated rings. The van der Waals surface area contributed by atoms with E-state index in [4.69, 9.17) is 25.5 Å². The lowest BCUT2D eigenvalue weighted by Gasteiger charge is -2.39. The van der Waals surface area contributed by atoms with Crippen molar-refractivity contribution in [3.63, 3.8) is 0 Å². The lowest BCUT2D eigenvalue weighted by atomic mass is 9.81. The van der Waals surface area contributed by atoms with Crippen LogP contribution in [0.2, 0.25) is 0 Å². The fraction of sp³-hybridized carbons (Fsp3) is 0.565. The van der Waals surface area contributed by atoms with Crippen molar-refractivity contribution in [2.24, 2.45) is 5.92 Å². The monoisotopic (exact) mass is 539 g/mol. The molecular weight excluding hydrogens is 517 g/mol.